The van der Waals surface area contributed by atoms with Gasteiger partial charge in [-0.3, -0.25) is 24.0 Å². The van der Waals surface area contributed by atoms with E-state index in [0.717, 1.165) is 27.8 Å². The number of nitrogens with two attached hydrogens (primary N) is 1. The highest BCUT2D eigenvalue weighted by molar-refractivity contribution is 5.96. The molecule has 0 aliphatic heterocycles. The maximum atomic E-state index is 14.4. The van der Waals surface area contributed by atoms with E-state index < -0.39 is 53.5 Å². The van der Waals surface area contributed by atoms with E-state index in [1.807, 2.05) is 152 Å². The van der Waals surface area contributed by atoms with Crippen LogP contribution in [0.4, 0.5) is 0 Å². The summed E-state index contributed by atoms with van der Waals surface area (Å²) in [4.78, 5) is 68.5. The van der Waals surface area contributed by atoms with E-state index in [2.05, 4.69) is 10.6 Å². The summed E-state index contributed by atoms with van der Waals surface area (Å²) in [5, 5.41) is 15.9. The van der Waals surface area contributed by atoms with Crippen LogP contribution in [0.3, 0.4) is 0 Å². The van der Waals surface area contributed by atoms with Crippen molar-refractivity contribution in [3.05, 3.63) is 179 Å². The van der Waals surface area contributed by atoms with Crippen LogP contribution in [-0.4, -0.2) is 52.6 Å². The molecule has 0 saturated heterocycles. The number of carbonyl (C=O) groups excluding carboxylic acids is 4. The van der Waals surface area contributed by atoms with Crippen molar-refractivity contribution in [1.29, 1.82) is 0 Å². The molecule has 5 rings (SSSR count). The van der Waals surface area contributed by atoms with Gasteiger partial charge in [0.05, 0.1) is 24.0 Å². The van der Waals surface area contributed by atoms with Gasteiger partial charge in [0.2, 0.25) is 11.8 Å². The Morgan fingerprint density at radius 3 is 1.11 bits per heavy atom. The third-order valence-corrected chi connectivity index (χ3v) is 9.88. The number of carbonyl (C=O) groups is 5. The molecule has 0 saturated carbocycles. The first-order valence-electron chi connectivity index (χ1n) is 19.0. The predicted octanol–water partition coefficient (Wildman–Crippen LogP) is 5.73. The molecular weight excluding hydrogens is 703 g/mol. The fourth-order valence-electron chi connectivity index (χ4n) is 6.79. The summed E-state index contributed by atoms with van der Waals surface area (Å²) < 4.78 is 0. The standard InChI is InChI=1S/C47H49N3O6/c48-40(28-35-20-10-3-11-21-35)46(54)50-42(30-37-24-14-5-15-25-37)43(51)31-38(26-33-16-6-1-7-17-33)45(53)49-41(29-36-22-12-4-13-23-36)44(52)32-39(47(55)56)27-34-18-8-2-9-19-34/h1-25,38-42H,26-32,48H2,(H,49,53)(H,50,54)(H,55,56). The summed E-state index contributed by atoms with van der Waals surface area (Å²) in [5.74, 6) is -4.79. The van der Waals surface area contributed by atoms with E-state index >= 15 is 0 Å². The number of rotatable bonds is 21. The Balaban J connectivity index is 1.38. The van der Waals surface area contributed by atoms with Gasteiger partial charge in [0.15, 0.2) is 11.6 Å². The smallest absolute Gasteiger partial charge is 0.307 e. The zero-order valence-corrected chi connectivity index (χ0v) is 31.3. The van der Waals surface area contributed by atoms with Gasteiger partial charge in [-0.15, -0.1) is 0 Å². The number of hydrogen-bond donors (Lipinski definition) is 4. The minimum atomic E-state index is -1.10. The lowest BCUT2D eigenvalue weighted by Gasteiger charge is -2.25. The summed E-state index contributed by atoms with van der Waals surface area (Å²) in [5.41, 5.74) is 10.4. The Kier molecular flexibility index (Phi) is 15.4. The lowest BCUT2D eigenvalue weighted by atomic mass is 9.88. The Labute approximate surface area is 328 Å². The van der Waals surface area contributed by atoms with E-state index in [4.69, 9.17) is 5.73 Å². The number of Topliss-reactive ketones (excluding diaryl/α,β-unsaturated/α-hetero) is 2. The minimum Gasteiger partial charge on any atom is -0.481 e. The highest BCUT2D eigenvalue weighted by atomic mass is 16.4. The van der Waals surface area contributed by atoms with Crippen LogP contribution in [0.15, 0.2) is 152 Å². The van der Waals surface area contributed by atoms with E-state index in [0.29, 0.717) is 0 Å². The van der Waals surface area contributed by atoms with Crippen molar-refractivity contribution >= 4 is 29.4 Å². The average molecular weight is 752 g/mol. The van der Waals surface area contributed by atoms with Crippen LogP contribution in [0.2, 0.25) is 0 Å². The van der Waals surface area contributed by atoms with Gasteiger partial charge in [-0.05, 0) is 59.9 Å². The number of carboxylic acids is 1. The van der Waals surface area contributed by atoms with Crippen molar-refractivity contribution < 1.29 is 29.1 Å². The quantitative estimate of drug-likeness (QED) is 0.0747. The summed E-state index contributed by atoms with van der Waals surface area (Å²) in [7, 11) is 0. The van der Waals surface area contributed by atoms with Crippen molar-refractivity contribution in [2.24, 2.45) is 17.6 Å². The molecule has 5 aromatic carbocycles. The highest BCUT2D eigenvalue weighted by Crippen LogP contribution is 2.20. The van der Waals surface area contributed by atoms with Crippen molar-refractivity contribution in [2.75, 3.05) is 0 Å². The predicted molar refractivity (Wildman–Crippen MR) is 216 cm³/mol. The second-order valence-corrected chi connectivity index (χ2v) is 14.3. The third-order valence-electron chi connectivity index (χ3n) is 9.88. The number of benzene rings is 5. The fraction of sp³-hybridized carbons (Fsp3) is 0.255. The van der Waals surface area contributed by atoms with Crippen molar-refractivity contribution in [1.82, 2.24) is 10.6 Å². The van der Waals surface area contributed by atoms with Gasteiger partial charge in [0, 0.05) is 18.8 Å². The second-order valence-electron chi connectivity index (χ2n) is 14.3. The van der Waals surface area contributed by atoms with Gasteiger partial charge in [-0.2, -0.15) is 0 Å². The van der Waals surface area contributed by atoms with E-state index in [1.165, 1.54) is 0 Å². The maximum absolute atomic E-state index is 14.4. The first kappa shape index (κ1) is 41.0. The Morgan fingerprint density at radius 1 is 0.429 bits per heavy atom. The Morgan fingerprint density at radius 2 is 0.732 bits per heavy atom. The van der Waals surface area contributed by atoms with Crippen LogP contribution in [0.1, 0.15) is 40.7 Å². The summed E-state index contributed by atoms with van der Waals surface area (Å²) >= 11 is 0. The lowest BCUT2D eigenvalue weighted by molar-refractivity contribution is -0.144. The third kappa shape index (κ3) is 13.0. The zero-order chi connectivity index (χ0) is 39.7. The molecule has 9 heteroatoms. The lowest BCUT2D eigenvalue weighted by Crippen LogP contribution is -2.51. The van der Waals surface area contributed by atoms with Crippen LogP contribution in [0, 0.1) is 11.8 Å². The SMILES string of the molecule is NC(Cc1ccccc1)C(=O)NC(Cc1ccccc1)C(=O)CC(Cc1ccccc1)C(=O)NC(Cc1ccccc1)C(=O)CC(Cc1ccccc1)C(=O)O. The number of ketones is 2. The van der Waals surface area contributed by atoms with E-state index in [1.54, 1.807) is 0 Å². The molecular formula is C47H49N3O6. The molecule has 5 N–H and O–H groups in total. The number of hydrogen-bond acceptors (Lipinski definition) is 6. The summed E-state index contributed by atoms with van der Waals surface area (Å²) in [6.45, 7) is 0. The van der Waals surface area contributed by atoms with Gasteiger partial charge in [0.25, 0.3) is 0 Å². The maximum Gasteiger partial charge on any atom is 0.307 e. The molecule has 5 aromatic rings. The molecule has 0 aromatic heterocycles. The van der Waals surface area contributed by atoms with Gasteiger partial charge in [0.1, 0.15) is 0 Å². The monoisotopic (exact) mass is 751 g/mol. The van der Waals surface area contributed by atoms with E-state index in [9.17, 15) is 29.1 Å². The Bertz CT molecular complexity index is 2010. The molecule has 0 aliphatic rings. The van der Waals surface area contributed by atoms with E-state index in [-0.39, 0.29) is 50.7 Å². The molecule has 5 atom stereocenters. The van der Waals surface area contributed by atoms with Crippen LogP contribution in [-0.2, 0) is 56.1 Å². The van der Waals surface area contributed by atoms with Crippen molar-refractivity contribution in [3.8, 4) is 0 Å². The normalized spacial score (nSPS) is 13.7. The highest BCUT2D eigenvalue weighted by Gasteiger charge is 2.33. The fourth-order valence-corrected chi connectivity index (χ4v) is 6.79. The molecule has 0 radical (unpaired) electrons. The van der Waals surface area contributed by atoms with Crippen molar-refractivity contribution in [2.45, 2.75) is 63.1 Å². The molecule has 0 aliphatic carbocycles. The molecule has 0 bridgehead atoms. The first-order valence-corrected chi connectivity index (χ1v) is 19.0. The molecule has 2 amide bonds. The number of aliphatic carboxylic acids is 1. The summed E-state index contributed by atoms with van der Waals surface area (Å²) in [6, 6.07) is 43.3. The number of nitrogens with one attached hydrogen (secondary N) is 2. The molecule has 288 valence electrons. The summed E-state index contributed by atoms with van der Waals surface area (Å²) in [6.07, 6.45) is 0.432. The second kappa shape index (κ2) is 21.0. The molecule has 0 spiro atoms. The van der Waals surface area contributed by atoms with Gasteiger partial charge in [-0.1, -0.05) is 152 Å². The van der Waals surface area contributed by atoms with Crippen LogP contribution >= 0.6 is 0 Å². The Hall–Kier alpha value is -6.19. The zero-order valence-electron chi connectivity index (χ0n) is 31.3. The van der Waals surface area contributed by atoms with Gasteiger partial charge in [-0.25, -0.2) is 0 Å². The number of amides is 2. The largest absolute Gasteiger partial charge is 0.481 e. The average Bonchev–Trinajstić information content (AvgIpc) is 3.21. The molecule has 56 heavy (non-hydrogen) atoms. The number of carboxylic acid groups (broad SMARTS) is 1. The van der Waals surface area contributed by atoms with Crippen LogP contribution in [0.25, 0.3) is 0 Å². The van der Waals surface area contributed by atoms with Crippen LogP contribution in [0.5, 0.6) is 0 Å². The van der Waals surface area contributed by atoms with Crippen LogP contribution < -0.4 is 16.4 Å². The molecule has 5 unspecified atom stereocenters. The first-order chi connectivity index (χ1) is 27.1. The molecule has 9 nitrogen and oxygen atoms in total. The van der Waals surface area contributed by atoms with Gasteiger partial charge >= 0.3 is 5.97 Å². The minimum absolute atomic E-state index is 0.140. The molecule has 0 heterocycles. The van der Waals surface area contributed by atoms with Crippen molar-refractivity contribution in [3.63, 3.8) is 0 Å². The van der Waals surface area contributed by atoms with Gasteiger partial charge < -0.3 is 21.5 Å². The topological polar surface area (TPSA) is 156 Å². The molecule has 0 fully saturated rings.